The van der Waals surface area contributed by atoms with Gasteiger partial charge in [0.25, 0.3) is 5.56 Å². The molecule has 31 heavy (non-hydrogen) atoms. The standard InChI is InChI=1S/C22H27ClN6O2/c1-3-4-10-19-25-21(31-26-19)16(2)27-11-13-28(14-12-27)18-15-24-29(22(30)20(18)23)17-8-6-5-7-9-17/h5-9,15-16H,3-4,10-14H2,1-2H3. The lowest BCUT2D eigenvalue weighted by molar-refractivity contribution is 0.164. The van der Waals surface area contributed by atoms with E-state index >= 15 is 0 Å². The van der Waals surface area contributed by atoms with Crippen molar-refractivity contribution in [3.63, 3.8) is 0 Å². The zero-order chi connectivity index (χ0) is 21.8. The van der Waals surface area contributed by atoms with Crippen molar-refractivity contribution in [2.24, 2.45) is 0 Å². The number of halogens is 1. The van der Waals surface area contributed by atoms with Crippen molar-refractivity contribution >= 4 is 17.3 Å². The molecule has 0 saturated carbocycles. The van der Waals surface area contributed by atoms with Gasteiger partial charge in [0.2, 0.25) is 5.89 Å². The van der Waals surface area contributed by atoms with Crippen LogP contribution in [0.25, 0.3) is 5.69 Å². The molecule has 1 aromatic carbocycles. The summed E-state index contributed by atoms with van der Waals surface area (Å²) in [4.78, 5) is 21.7. The van der Waals surface area contributed by atoms with Crippen LogP contribution in [0.15, 0.2) is 45.8 Å². The van der Waals surface area contributed by atoms with Crippen LogP contribution in [0.4, 0.5) is 5.69 Å². The number of aromatic nitrogens is 4. The summed E-state index contributed by atoms with van der Waals surface area (Å²) >= 11 is 6.46. The van der Waals surface area contributed by atoms with E-state index in [1.54, 1.807) is 6.20 Å². The Morgan fingerprint density at radius 1 is 1.16 bits per heavy atom. The van der Waals surface area contributed by atoms with Gasteiger partial charge in [-0.05, 0) is 25.5 Å². The van der Waals surface area contributed by atoms with E-state index in [9.17, 15) is 4.79 Å². The van der Waals surface area contributed by atoms with Crippen LogP contribution in [-0.4, -0.2) is 51.0 Å². The number of rotatable bonds is 7. The zero-order valence-corrected chi connectivity index (χ0v) is 18.6. The summed E-state index contributed by atoms with van der Waals surface area (Å²) in [5.74, 6) is 1.43. The Bertz CT molecular complexity index is 1060. The molecule has 9 heteroatoms. The topological polar surface area (TPSA) is 80.3 Å². The van der Waals surface area contributed by atoms with Crippen LogP contribution in [0, 0.1) is 0 Å². The second kappa shape index (κ2) is 9.62. The van der Waals surface area contributed by atoms with Gasteiger partial charge in [0, 0.05) is 32.6 Å². The molecule has 1 saturated heterocycles. The lowest BCUT2D eigenvalue weighted by Gasteiger charge is -2.38. The molecule has 0 bridgehead atoms. The molecular formula is C22H27ClN6O2. The molecule has 0 radical (unpaired) electrons. The Morgan fingerprint density at radius 3 is 2.61 bits per heavy atom. The van der Waals surface area contributed by atoms with Crippen LogP contribution < -0.4 is 10.5 Å². The van der Waals surface area contributed by atoms with Crippen LogP contribution in [0.3, 0.4) is 0 Å². The minimum absolute atomic E-state index is 0.0460. The van der Waals surface area contributed by atoms with Gasteiger partial charge in [-0.15, -0.1) is 0 Å². The van der Waals surface area contributed by atoms with Gasteiger partial charge in [0.05, 0.1) is 23.6 Å². The molecule has 1 fully saturated rings. The largest absolute Gasteiger partial charge is 0.366 e. The van der Waals surface area contributed by atoms with E-state index in [1.165, 1.54) is 4.68 Å². The minimum atomic E-state index is -0.313. The molecule has 4 rings (SSSR count). The molecule has 1 aliphatic rings. The molecule has 2 aromatic heterocycles. The second-order valence-electron chi connectivity index (χ2n) is 7.75. The Labute approximate surface area is 186 Å². The summed E-state index contributed by atoms with van der Waals surface area (Å²) in [7, 11) is 0. The van der Waals surface area contributed by atoms with Crippen molar-refractivity contribution < 1.29 is 4.52 Å². The predicted octanol–water partition coefficient (Wildman–Crippen LogP) is 3.49. The highest BCUT2D eigenvalue weighted by atomic mass is 35.5. The zero-order valence-electron chi connectivity index (χ0n) is 17.9. The van der Waals surface area contributed by atoms with E-state index < -0.39 is 0 Å². The maximum Gasteiger partial charge on any atom is 0.292 e. The molecule has 3 heterocycles. The molecule has 1 aliphatic heterocycles. The molecule has 0 aliphatic carbocycles. The van der Waals surface area contributed by atoms with Gasteiger partial charge in [0.15, 0.2) is 5.82 Å². The third-order valence-corrected chi connectivity index (χ3v) is 6.05. The number of nitrogens with zero attached hydrogens (tertiary/aromatic N) is 6. The van der Waals surface area contributed by atoms with Crippen LogP contribution >= 0.6 is 11.6 Å². The Balaban J connectivity index is 1.42. The van der Waals surface area contributed by atoms with Crippen LogP contribution in [0.5, 0.6) is 0 Å². The van der Waals surface area contributed by atoms with E-state index in [0.29, 0.717) is 17.3 Å². The van der Waals surface area contributed by atoms with Gasteiger partial charge in [-0.25, -0.2) is 0 Å². The average Bonchev–Trinajstić information content (AvgIpc) is 3.29. The second-order valence-corrected chi connectivity index (χ2v) is 8.13. The van der Waals surface area contributed by atoms with E-state index in [0.717, 1.165) is 51.3 Å². The Hall–Kier alpha value is -2.71. The van der Waals surface area contributed by atoms with Crippen LogP contribution in [0.2, 0.25) is 5.02 Å². The van der Waals surface area contributed by atoms with Gasteiger partial charge < -0.3 is 9.42 Å². The average molecular weight is 443 g/mol. The Morgan fingerprint density at radius 2 is 1.90 bits per heavy atom. The number of aryl methyl sites for hydroxylation is 1. The van der Waals surface area contributed by atoms with Gasteiger partial charge >= 0.3 is 0 Å². The highest BCUT2D eigenvalue weighted by Crippen LogP contribution is 2.26. The fraction of sp³-hybridized carbons (Fsp3) is 0.455. The Kier molecular flexibility index (Phi) is 6.67. The van der Waals surface area contributed by atoms with Gasteiger partial charge in [0.1, 0.15) is 5.02 Å². The first-order chi connectivity index (χ1) is 15.1. The first kappa shape index (κ1) is 21.5. The van der Waals surface area contributed by atoms with Gasteiger partial charge in [-0.2, -0.15) is 14.8 Å². The number of unbranched alkanes of at least 4 members (excludes halogenated alkanes) is 1. The number of anilines is 1. The summed E-state index contributed by atoms with van der Waals surface area (Å²) < 4.78 is 6.82. The lowest BCUT2D eigenvalue weighted by Crippen LogP contribution is -2.47. The highest BCUT2D eigenvalue weighted by Gasteiger charge is 2.27. The smallest absolute Gasteiger partial charge is 0.292 e. The van der Waals surface area contributed by atoms with E-state index in [1.807, 2.05) is 30.3 Å². The molecule has 3 aromatic rings. The monoisotopic (exact) mass is 442 g/mol. The van der Waals surface area contributed by atoms with Gasteiger partial charge in [-0.1, -0.05) is 48.3 Å². The summed E-state index contributed by atoms with van der Waals surface area (Å²) in [6.07, 6.45) is 4.69. The summed E-state index contributed by atoms with van der Waals surface area (Å²) in [5.41, 5.74) is 1.05. The number of hydrogen-bond donors (Lipinski definition) is 0. The SMILES string of the molecule is CCCCc1noc(C(C)N2CCN(c3cnn(-c4ccccc4)c(=O)c3Cl)CC2)n1. The van der Waals surface area contributed by atoms with Crippen molar-refractivity contribution in [1.82, 2.24) is 24.8 Å². The minimum Gasteiger partial charge on any atom is -0.366 e. The molecule has 1 atom stereocenters. The van der Waals surface area contributed by atoms with Crippen molar-refractivity contribution in [3.8, 4) is 5.69 Å². The van der Waals surface area contributed by atoms with Crippen LogP contribution in [0.1, 0.15) is 44.4 Å². The molecule has 164 valence electrons. The molecular weight excluding hydrogens is 416 g/mol. The fourth-order valence-electron chi connectivity index (χ4n) is 3.78. The third-order valence-electron chi connectivity index (χ3n) is 5.70. The molecule has 1 unspecified atom stereocenters. The van der Waals surface area contributed by atoms with Crippen molar-refractivity contribution in [3.05, 3.63) is 63.6 Å². The first-order valence-corrected chi connectivity index (χ1v) is 11.1. The van der Waals surface area contributed by atoms with Crippen molar-refractivity contribution in [2.75, 3.05) is 31.1 Å². The maximum absolute atomic E-state index is 12.8. The molecule has 8 nitrogen and oxygen atoms in total. The van der Waals surface area contributed by atoms with E-state index in [2.05, 4.69) is 38.9 Å². The predicted molar refractivity (Wildman–Crippen MR) is 120 cm³/mol. The van der Waals surface area contributed by atoms with Crippen LogP contribution in [-0.2, 0) is 6.42 Å². The normalized spacial score (nSPS) is 15.9. The van der Waals surface area contributed by atoms with Crippen molar-refractivity contribution in [2.45, 2.75) is 39.2 Å². The lowest BCUT2D eigenvalue weighted by atomic mass is 10.2. The third kappa shape index (κ3) is 4.65. The molecule has 0 N–H and O–H groups in total. The highest BCUT2D eigenvalue weighted by molar-refractivity contribution is 6.33. The first-order valence-electron chi connectivity index (χ1n) is 10.7. The number of hydrogen-bond acceptors (Lipinski definition) is 7. The number of para-hydroxylation sites is 1. The fourth-order valence-corrected chi connectivity index (χ4v) is 4.03. The van der Waals surface area contributed by atoms with E-state index in [4.69, 9.17) is 16.1 Å². The maximum atomic E-state index is 12.8. The molecule has 0 spiro atoms. The van der Waals surface area contributed by atoms with Crippen molar-refractivity contribution in [1.29, 1.82) is 0 Å². The number of piperazine rings is 1. The summed E-state index contributed by atoms with van der Waals surface area (Å²) in [5, 5.41) is 8.64. The quantitative estimate of drug-likeness (QED) is 0.554. The molecule has 0 amide bonds. The summed E-state index contributed by atoms with van der Waals surface area (Å²) in [6.45, 7) is 7.30. The number of benzene rings is 1. The van der Waals surface area contributed by atoms with Gasteiger partial charge in [-0.3, -0.25) is 9.69 Å². The summed E-state index contributed by atoms with van der Waals surface area (Å²) in [6, 6.07) is 9.32. The van der Waals surface area contributed by atoms with E-state index in [-0.39, 0.29) is 16.6 Å².